The molecular formula is C18H18N2O4S. The van der Waals surface area contributed by atoms with Gasteiger partial charge in [-0.3, -0.25) is 4.57 Å². The quantitative estimate of drug-likeness (QED) is 0.780. The number of nitrogens with one attached hydrogen (secondary N) is 1. The Morgan fingerprint density at radius 2 is 2.00 bits per heavy atom. The van der Waals surface area contributed by atoms with Gasteiger partial charge in [0, 0.05) is 13.1 Å². The Morgan fingerprint density at radius 1 is 1.20 bits per heavy atom. The Hall–Kier alpha value is -2.38. The van der Waals surface area contributed by atoms with Crippen LogP contribution in [0.5, 0.6) is 0 Å². The first-order valence-corrected chi connectivity index (χ1v) is 9.64. The van der Waals surface area contributed by atoms with Crippen molar-refractivity contribution in [3.05, 3.63) is 64.1 Å². The first kappa shape index (κ1) is 16.1. The highest BCUT2D eigenvalue weighted by Crippen LogP contribution is 2.31. The molecule has 1 heterocycles. The maximum Gasteiger partial charge on any atom is 0.419 e. The summed E-state index contributed by atoms with van der Waals surface area (Å²) in [5.74, 6) is -0.515. The fourth-order valence-electron chi connectivity index (χ4n) is 3.41. The second-order valence-corrected chi connectivity index (χ2v) is 8.04. The predicted octanol–water partition coefficient (Wildman–Crippen LogP) is 2.49. The van der Waals surface area contributed by atoms with Crippen molar-refractivity contribution in [3.8, 4) is 0 Å². The average molecular weight is 358 g/mol. The maximum absolute atomic E-state index is 12.8. The molecule has 0 saturated carbocycles. The summed E-state index contributed by atoms with van der Waals surface area (Å²) in [7, 11) is -2.16. The van der Waals surface area contributed by atoms with E-state index in [4.69, 9.17) is 4.42 Å². The number of sulfonamides is 1. The van der Waals surface area contributed by atoms with E-state index in [2.05, 4.69) is 4.72 Å². The number of hydrogen-bond acceptors (Lipinski definition) is 4. The van der Waals surface area contributed by atoms with Crippen LogP contribution < -0.4 is 10.5 Å². The van der Waals surface area contributed by atoms with E-state index >= 15 is 0 Å². The predicted molar refractivity (Wildman–Crippen MR) is 93.9 cm³/mol. The van der Waals surface area contributed by atoms with Crippen molar-refractivity contribution in [1.82, 2.24) is 9.29 Å². The zero-order valence-corrected chi connectivity index (χ0v) is 14.5. The highest BCUT2D eigenvalue weighted by Gasteiger charge is 2.26. The molecule has 6 nitrogen and oxygen atoms in total. The molecule has 0 bridgehead atoms. The van der Waals surface area contributed by atoms with Crippen molar-refractivity contribution < 1.29 is 12.8 Å². The molecule has 1 atom stereocenters. The number of hydrogen-bond donors (Lipinski definition) is 1. The number of aryl methyl sites for hydroxylation is 2. The van der Waals surface area contributed by atoms with Gasteiger partial charge in [0.05, 0.1) is 10.4 Å². The van der Waals surface area contributed by atoms with Gasteiger partial charge in [0.15, 0.2) is 5.58 Å². The van der Waals surface area contributed by atoms with E-state index in [1.54, 1.807) is 7.05 Å². The molecule has 25 heavy (non-hydrogen) atoms. The smallest absolute Gasteiger partial charge is 0.408 e. The Bertz CT molecular complexity index is 1110. The summed E-state index contributed by atoms with van der Waals surface area (Å²) in [6.45, 7) is 0. The monoisotopic (exact) mass is 358 g/mol. The van der Waals surface area contributed by atoms with Gasteiger partial charge in [0.1, 0.15) is 0 Å². The van der Waals surface area contributed by atoms with E-state index in [1.165, 1.54) is 28.3 Å². The molecule has 4 rings (SSSR count). The number of fused-ring (bicyclic) bond motifs is 2. The SMILES string of the molecule is Cn1c(=O)oc2ccc(S(=O)(=O)NC3CCCc4ccccc43)cc21. The van der Waals surface area contributed by atoms with Gasteiger partial charge >= 0.3 is 5.76 Å². The molecule has 1 aromatic heterocycles. The van der Waals surface area contributed by atoms with Crippen LogP contribution in [0.4, 0.5) is 0 Å². The van der Waals surface area contributed by atoms with Crippen molar-refractivity contribution in [2.75, 3.05) is 0 Å². The molecular weight excluding hydrogens is 340 g/mol. The summed E-state index contributed by atoms with van der Waals surface area (Å²) < 4.78 is 34.8. The zero-order chi connectivity index (χ0) is 17.6. The Balaban J connectivity index is 1.71. The number of oxazole rings is 1. The van der Waals surface area contributed by atoms with Crippen LogP contribution in [0.25, 0.3) is 11.1 Å². The first-order chi connectivity index (χ1) is 12.0. The van der Waals surface area contributed by atoms with Gasteiger partial charge in [-0.05, 0) is 48.6 Å². The van der Waals surface area contributed by atoms with Crippen molar-refractivity contribution in [1.29, 1.82) is 0 Å². The molecule has 0 radical (unpaired) electrons. The summed E-state index contributed by atoms with van der Waals surface area (Å²) in [4.78, 5) is 11.7. The van der Waals surface area contributed by atoms with E-state index in [0.29, 0.717) is 11.1 Å². The standard InChI is InChI=1S/C18H18N2O4S/c1-20-16-11-13(9-10-17(16)24-18(20)21)25(22,23)19-15-8-4-6-12-5-2-3-7-14(12)15/h2-3,5,7,9-11,15,19H,4,6,8H2,1H3. The van der Waals surface area contributed by atoms with Gasteiger partial charge in [-0.25, -0.2) is 17.9 Å². The number of nitrogens with zero attached hydrogens (tertiary/aromatic N) is 1. The normalized spacial score (nSPS) is 17.6. The van der Waals surface area contributed by atoms with Gasteiger partial charge in [0.2, 0.25) is 10.0 Å². The van der Waals surface area contributed by atoms with Crippen LogP contribution in [-0.4, -0.2) is 13.0 Å². The minimum Gasteiger partial charge on any atom is -0.408 e. The molecule has 130 valence electrons. The Labute approximate surface area is 145 Å². The lowest BCUT2D eigenvalue weighted by Gasteiger charge is -2.26. The van der Waals surface area contributed by atoms with Crippen LogP contribution in [-0.2, 0) is 23.5 Å². The fraction of sp³-hybridized carbons (Fsp3) is 0.278. The third kappa shape index (κ3) is 2.79. The Kier molecular flexibility index (Phi) is 3.77. The molecule has 0 spiro atoms. The molecule has 0 fully saturated rings. The minimum atomic E-state index is -3.71. The molecule has 0 amide bonds. The molecule has 0 saturated heterocycles. The maximum atomic E-state index is 12.8. The van der Waals surface area contributed by atoms with E-state index in [-0.39, 0.29) is 10.9 Å². The van der Waals surface area contributed by atoms with Crippen molar-refractivity contribution >= 4 is 21.1 Å². The van der Waals surface area contributed by atoms with E-state index in [9.17, 15) is 13.2 Å². The number of aromatic nitrogens is 1. The van der Waals surface area contributed by atoms with Crippen LogP contribution in [0.1, 0.15) is 30.0 Å². The molecule has 1 aliphatic rings. The Morgan fingerprint density at radius 3 is 2.84 bits per heavy atom. The first-order valence-electron chi connectivity index (χ1n) is 8.15. The van der Waals surface area contributed by atoms with Crippen molar-refractivity contribution in [3.63, 3.8) is 0 Å². The molecule has 3 aromatic rings. The largest absolute Gasteiger partial charge is 0.419 e. The van der Waals surface area contributed by atoms with Crippen LogP contribution in [0, 0.1) is 0 Å². The second kappa shape index (κ2) is 5.86. The van der Waals surface area contributed by atoms with Crippen LogP contribution in [0.3, 0.4) is 0 Å². The van der Waals surface area contributed by atoms with Crippen molar-refractivity contribution in [2.45, 2.75) is 30.2 Å². The summed E-state index contributed by atoms with van der Waals surface area (Å²) in [6, 6.07) is 12.1. The van der Waals surface area contributed by atoms with E-state index in [0.717, 1.165) is 24.8 Å². The molecule has 1 N–H and O–H groups in total. The highest BCUT2D eigenvalue weighted by atomic mass is 32.2. The lowest BCUT2D eigenvalue weighted by molar-refractivity contribution is 0.507. The van der Waals surface area contributed by atoms with Gasteiger partial charge in [0.25, 0.3) is 0 Å². The van der Waals surface area contributed by atoms with Crippen molar-refractivity contribution in [2.24, 2.45) is 7.05 Å². The number of rotatable bonds is 3. The fourth-order valence-corrected chi connectivity index (χ4v) is 4.67. The van der Waals surface area contributed by atoms with Crippen LogP contribution in [0.15, 0.2) is 56.6 Å². The lowest BCUT2D eigenvalue weighted by atomic mass is 9.88. The molecule has 1 unspecified atom stereocenters. The third-order valence-corrected chi connectivity index (χ3v) is 6.21. The van der Waals surface area contributed by atoms with E-state index in [1.807, 2.05) is 24.3 Å². The van der Waals surface area contributed by atoms with Gasteiger partial charge in [-0.1, -0.05) is 24.3 Å². The zero-order valence-electron chi connectivity index (χ0n) is 13.7. The summed E-state index contributed by atoms with van der Waals surface area (Å²) in [6.07, 6.45) is 2.68. The summed E-state index contributed by atoms with van der Waals surface area (Å²) >= 11 is 0. The summed E-state index contributed by atoms with van der Waals surface area (Å²) in [5, 5.41) is 0. The third-order valence-electron chi connectivity index (χ3n) is 4.74. The molecule has 7 heteroatoms. The van der Waals surface area contributed by atoms with Gasteiger partial charge in [-0.15, -0.1) is 0 Å². The lowest BCUT2D eigenvalue weighted by Crippen LogP contribution is -2.31. The number of benzene rings is 2. The molecule has 2 aromatic carbocycles. The average Bonchev–Trinajstić information content (AvgIpc) is 2.89. The van der Waals surface area contributed by atoms with Gasteiger partial charge < -0.3 is 4.42 Å². The van der Waals surface area contributed by atoms with Gasteiger partial charge in [-0.2, -0.15) is 0 Å². The second-order valence-electron chi connectivity index (χ2n) is 6.32. The van der Waals surface area contributed by atoms with Crippen LogP contribution >= 0.6 is 0 Å². The highest BCUT2D eigenvalue weighted by molar-refractivity contribution is 7.89. The molecule has 0 aliphatic heterocycles. The summed E-state index contributed by atoms with van der Waals surface area (Å²) in [5.41, 5.74) is 3.05. The minimum absolute atomic E-state index is 0.124. The topological polar surface area (TPSA) is 81.3 Å². The van der Waals surface area contributed by atoms with E-state index < -0.39 is 15.8 Å². The van der Waals surface area contributed by atoms with Crippen LogP contribution in [0.2, 0.25) is 0 Å². The molecule has 1 aliphatic carbocycles.